The van der Waals surface area contributed by atoms with E-state index in [1.807, 2.05) is 0 Å². The van der Waals surface area contributed by atoms with Gasteiger partial charge in [-0.3, -0.25) is 14.6 Å². The Labute approximate surface area is 85.0 Å². The number of pyridine rings is 1. The van der Waals surface area contributed by atoms with Crippen molar-refractivity contribution in [3.8, 4) is 0 Å². The van der Waals surface area contributed by atoms with E-state index < -0.39 is 17.6 Å². The number of aromatic nitrogens is 1. The van der Waals surface area contributed by atoms with Gasteiger partial charge in [0.25, 0.3) is 11.8 Å². The monoisotopic (exact) mass is 206 g/mol. The van der Waals surface area contributed by atoms with Gasteiger partial charge in [0.15, 0.2) is 5.82 Å². The zero-order valence-electron chi connectivity index (χ0n) is 7.90. The number of nitrogens with zero attached hydrogens (tertiary/aromatic N) is 2. The minimum Gasteiger partial charge on any atom is -0.269 e. The molecule has 0 unspecified atom stereocenters. The van der Waals surface area contributed by atoms with Crippen molar-refractivity contribution in [2.24, 2.45) is 0 Å². The molecular weight excluding hydrogens is 199 g/mol. The molecule has 2 rings (SSSR count). The van der Waals surface area contributed by atoms with Gasteiger partial charge in [-0.2, -0.15) is 0 Å². The van der Waals surface area contributed by atoms with Crippen molar-refractivity contribution in [2.75, 3.05) is 4.90 Å². The van der Waals surface area contributed by atoms with E-state index in [1.165, 1.54) is 25.3 Å². The summed E-state index contributed by atoms with van der Waals surface area (Å²) in [6.07, 6.45) is 3.47. The first-order valence-electron chi connectivity index (χ1n) is 4.27. The molecule has 0 fully saturated rings. The smallest absolute Gasteiger partial charge is 0.261 e. The Kier molecular flexibility index (Phi) is 2.07. The highest BCUT2D eigenvalue weighted by Crippen LogP contribution is 2.23. The van der Waals surface area contributed by atoms with Crippen LogP contribution in [0.2, 0.25) is 0 Å². The summed E-state index contributed by atoms with van der Waals surface area (Å²) in [5.74, 6) is -1.71. The highest BCUT2D eigenvalue weighted by Gasteiger charge is 2.31. The molecule has 2 heterocycles. The molecule has 1 aliphatic rings. The molecule has 0 radical (unpaired) electrons. The van der Waals surface area contributed by atoms with Crippen LogP contribution < -0.4 is 4.90 Å². The summed E-state index contributed by atoms with van der Waals surface area (Å²) in [6.45, 7) is 1.51. The molecule has 0 spiro atoms. The molecule has 15 heavy (non-hydrogen) atoms. The van der Waals surface area contributed by atoms with Crippen LogP contribution in [-0.4, -0.2) is 16.8 Å². The van der Waals surface area contributed by atoms with E-state index in [4.69, 9.17) is 0 Å². The lowest BCUT2D eigenvalue weighted by atomic mass is 10.3. The number of halogens is 1. The van der Waals surface area contributed by atoms with Crippen LogP contribution >= 0.6 is 0 Å². The Balaban J connectivity index is 2.47. The summed E-state index contributed by atoms with van der Waals surface area (Å²) < 4.78 is 13.3. The van der Waals surface area contributed by atoms with Crippen LogP contribution in [0.1, 0.15) is 6.92 Å². The minimum absolute atomic E-state index is 0.0619. The normalized spacial score (nSPS) is 15.9. The third-order valence-electron chi connectivity index (χ3n) is 2.09. The maximum Gasteiger partial charge on any atom is 0.261 e. The van der Waals surface area contributed by atoms with Crippen LogP contribution in [0.25, 0.3) is 0 Å². The molecule has 0 saturated carbocycles. The average molecular weight is 206 g/mol. The van der Waals surface area contributed by atoms with Crippen molar-refractivity contribution in [3.63, 3.8) is 0 Å². The zero-order valence-corrected chi connectivity index (χ0v) is 7.90. The van der Waals surface area contributed by atoms with Gasteiger partial charge < -0.3 is 0 Å². The van der Waals surface area contributed by atoms with E-state index >= 15 is 0 Å². The van der Waals surface area contributed by atoms with Gasteiger partial charge >= 0.3 is 0 Å². The molecule has 2 amide bonds. The van der Waals surface area contributed by atoms with E-state index in [0.29, 0.717) is 5.57 Å². The lowest BCUT2D eigenvalue weighted by molar-refractivity contribution is -0.120. The number of amides is 2. The molecule has 0 aliphatic carbocycles. The average Bonchev–Trinajstić information content (AvgIpc) is 2.43. The minimum atomic E-state index is -0.692. The molecule has 0 N–H and O–H groups in total. The van der Waals surface area contributed by atoms with E-state index in [1.54, 1.807) is 0 Å². The summed E-state index contributed by atoms with van der Waals surface area (Å²) in [4.78, 5) is 27.2. The summed E-state index contributed by atoms with van der Waals surface area (Å²) in [6, 6.07) is 1.29. The standard InChI is InChI=1S/C10H7FN2O2/c1-6-4-9(14)13(10(6)15)8-2-3-12-5-7(8)11/h2-5H,1H3. The fourth-order valence-corrected chi connectivity index (χ4v) is 1.37. The fraction of sp³-hybridized carbons (Fsp3) is 0.100. The van der Waals surface area contributed by atoms with Crippen LogP contribution in [0, 0.1) is 5.82 Å². The van der Waals surface area contributed by atoms with Crippen molar-refractivity contribution in [1.82, 2.24) is 4.98 Å². The Morgan fingerprint density at radius 1 is 1.40 bits per heavy atom. The molecule has 0 aromatic carbocycles. The number of rotatable bonds is 1. The Morgan fingerprint density at radius 3 is 2.67 bits per heavy atom. The molecular formula is C10H7FN2O2. The maximum atomic E-state index is 13.3. The number of hydrogen-bond acceptors (Lipinski definition) is 3. The predicted molar refractivity (Wildman–Crippen MR) is 50.4 cm³/mol. The molecule has 5 heteroatoms. The van der Waals surface area contributed by atoms with Crippen molar-refractivity contribution in [3.05, 3.63) is 35.9 Å². The van der Waals surface area contributed by atoms with Crippen molar-refractivity contribution in [1.29, 1.82) is 0 Å². The van der Waals surface area contributed by atoms with Gasteiger partial charge in [-0.05, 0) is 13.0 Å². The Hall–Kier alpha value is -2.04. The van der Waals surface area contributed by atoms with Gasteiger partial charge in [-0.15, -0.1) is 0 Å². The van der Waals surface area contributed by atoms with Crippen molar-refractivity contribution in [2.45, 2.75) is 6.92 Å². The molecule has 0 saturated heterocycles. The third-order valence-corrected chi connectivity index (χ3v) is 2.09. The third kappa shape index (κ3) is 1.41. The van der Waals surface area contributed by atoms with Crippen LogP contribution in [0.15, 0.2) is 30.1 Å². The summed E-state index contributed by atoms with van der Waals surface area (Å²) in [5, 5.41) is 0. The summed E-state index contributed by atoms with van der Waals surface area (Å²) in [7, 11) is 0. The summed E-state index contributed by atoms with van der Waals surface area (Å²) in [5.41, 5.74) is 0.240. The second-order valence-corrected chi connectivity index (χ2v) is 3.13. The van der Waals surface area contributed by atoms with E-state index in [-0.39, 0.29) is 5.69 Å². The molecule has 0 atom stereocenters. The highest BCUT2D eigenvalue weighted by molar-refractivity contribution is 6.30. The maximum absolute atomic E-state index is 13.3. The molecule has 0 bridgehead atoms. The molecule has 1 aliphatic heterocycles. The number of carbonyl (C=O) groups excluding carboxylic acids is 2. The van der Waals surface area contributed by atoms with Gasteiger partial charge in [-0.25, -0.2) is 9.29 Å². The lowest BCUT2D eigenvalue weighted by Crippen LogP contribution is -2.31. The van der Waals surface area contributed by atoms with Crippen LogP contribution in [-0.2, 0) is 9.59 Å². The van der Waals surface area contributed by atoms with E-state index in [9.17, 15) is 14.0 Å². The second-order valence-electron chi connectivity index (χ2n) is 3.13. The number of carbonyl (C=O) groups is 2. The number of imide groups is 1. The molecule has 1 aromatic heterocycles. The van der Waals surface area contributed by atoms with Crippen LogP contribution in [0.5, 0.6) is 0 Å². The van der Waals surface area contributed by atoms with Crippen molar-refractivity contribution >= 4 is 17.5 Å². The van der Waals surface area contributed by atoms with E-state index in [2.05, 4.69) is 4.98 Å². The van der Waals surface area contributed by atoms with Gasteiger partial charge in [0.05, 0.1) is 11.9 Å². The van der Waals surface area contributed by atoms with Gasteiger partial charge in [-0.1, -0.05) is 0 Å². The topological polar surface area (TPSA) is 50.3 Å². The fourth-order valence-electron chi connectivity index (χ4n) is 1.37. The van der Waals surface area contributed by atoms with Gasteiger partial charge in [0.2, 0.25) is 0 Å². The Morgan fingerprint density at radius 2 is 2.13 bits per heavy atom. The second kappa shape index (κ2) is 3.27. The SMILES string of the molecule is CC1=CC(=O)N(c2ccncc2F)C1=O. The predicted octanol–water partition coefficient (Wildman–Crippen LogP) is 1.04. The Bertz CT molecular complexity index is 482. The molecule has 4 nitrogen and oxygen atoms in total. The first kappa shape index (κ1) is 9.51. The molecule has 1 aromatic rings. The lowest BCUT2D eigenvalue weighted by Gasteiger charge is -2.14. The number of anilines is 1. The van der Waals surface area contributed by atoms with Crippen LogP contribution in [0.4, 0.5) is 10.1 Å². The highest BCUT2D eigenvalue weighted by atomic mass is 19.1. The number of hydrogen-bond donors (Lipinski definition) is 0. The first-order chi connectivity index (χ1) is 7.11. The van der Waals surface area contributed by atoms with Crippen LogP contribution in [0.3, 0.4) is 0 Å². The first-order valence-corrected chi connectivity index (χ1v) is 4.27. The van der Waals surface area contributed by atoms with Gasteiger partial charge in [0, 0.05) is 17.8 Å². The van der Waals surface area contributed by atoms with E-state index in [0.717, 1.165) is 11.1 Å². The quantitative estimate of drug-likeness (QED) is 0.645. The van der Waals surface area contributed by atoms with Crippen molar-refractivity contribution < 1.29 is 14.0 Å². The van der Waals surface area contributed by atoms with Gasteiger partial charge in [0.1, 0.15) is 0 Å². The molecule has 76 valence electrons. The summed E-state index contributed by atoms with van der Waals surface area (Å²) >= 11 is 0. The largest absolute Gasteiger partial charge is 0.269 e. The zero-order chi connectivity index (χ0) is 11.0.